The first kappa shape index (κ1) is 19.5. The summed E-state index contributed by atoms with van der Waals surface area (Å²) in [4.78, 5) is 10.8. The quantitative estimate of drug-likeness (QED) is 0.171. The Morgan fingerprint density at radius 2 is 2.00 bits per heavy atom. The van der Waals surface area contributed by atoms with E-state index >= 15 is 0 Å². The van der Waals surface area contributed by atoms with E-state index in [0.29, 0.717) is 19.3 Å². The maximum atomic E-state index is 10.8. The van der Waals surface area contributed by atoms with Crippen LogP contribution < -0.4 is 29.6 Å². The van der Waals surface area contributed by atoms with Crippen molar-refractivity contribution in [2.24, 2.45) is 0 Å². The molecule has 5 nitrogen and oxygen atoms in total. The van der Waals surface area contributed by atoms with Gasteiger partial charge in [-0.15, -0.1) is 0 Å². The third-order valence-corrected chi connectivity index (χ3v) is 2.78. The van der Waals surface area contributed by atoms with Gasteiger partial charge in [-0.1, -0.05) is 13.0 Å². The number of carbonyl (C=O) groups is 1. The van der Waals surface area contributed by atoms with Crippen molar-refractivity contribution in [2.75, 3.05) is 5.75 Å². The molecule has 94 valence electrons. The second-order valence-electron chi connectivity index (χ2n) is 3.56. The fourth-order valence-electron chi connectivity index (χ4n) is 1.19. The molecule has 1 atom stereocenters. The van der Waals surface area contributed by atoms with Gasteiger partial charge in [0.15, 0.2) is 0 Å². The Morgan fingerprint density at radius 3 is 2.47 bits per heavy atom. The summed E-state index contributed by atoms with van der Waals surface area (Å²) in [7, 11) is -4.10. The van der Waals surface area contributed by atoms with E-state index in [1.54, 1.807) is 6.92 Å². The number of esters is 1. The second kappa shape index (κ2) is 10.1. The maximum Gasteiger partial charge on any atom is 1.00 e. The predicted octanol–water partition coefficient (Wildman–Crippen LogP) is -1.79. The summed E-state index contributed by atoms with van der Waals surface area (Å²) in [6, 6.07) is 0. The molecule has 0 rings (SSSR count). The van der Waals surface area contributed by atoms with Crippen LogP contribution in [-0.2, 0) is 19.6 Å². The van der Waals surface area contributed by atoms with Crippen molar-refractivity contribution in [3.8, 4) is 0 Å². The molecule has 0 aliphatic rings. The van der Waals surface area contributed by atoms with Crippen LogP contribution in [0.15, 0.2) is 12.7 Å². The number of carbonyl (C=O) groups excluding carboxylic acids is 1. The van der Waals surface area contributed by atoms with Gasteiger partial charge in [-0.3, -0.25) is 0 Å². The molecular formula is C10H17NaO5S. The van der Waals surface area contributed by atoms with Crippen LogP contribution in [0, 0.1) is 0 Å². The number of rotatable bonds is 8. The number of ether oxygens (including phenoxy) is 1. The SMILES string of the molecule is C=CC(=O)OC(C)CCCCCS(=O)(=O)[O-].[Na+]. The average Bonchev–Trinajstić information content (AvgIpc) is 2.15. The number of unbranched alkanes of at least 4 members (excludes halogenated alkanes) is 2. The van der Waals surface area contributed by atoms with E-state index in [1.165, 1.54) is 0 Å². The van der Waals surface area contributed by atoms with E-state index in [4.69, 9.17) is 4.74 Å². The Labute approximate surface area is 125 Å². The Kier molecular flexibility index (Phi) is 11.5. The molecule has 7 heteroatoms. The summed E-state index contributed by atoms with van der Waals surface area (Å²) in [6.07, 6.45) is 3.25. The fraction of sp³-hybridized carbons (Fsp3) is 0.700. The van der Waals surface area contributed by atoms with Gasteiger partial charge in [-0.2, -0.15) is 0 Å². The largest absolute Gasteiger partial charge is 1.00 e. The van der Waals surface area contributed by atoms with E-state index in [9.17, 15) is 17.8 Å². The van der Waals surface area contributed by atoms with Gasteiger partial charge in [0.25, 0.3) is 0 Å². The Bertz CT molecular complexity index is 326. The van der Waals surface area contributed by atoms with Crippen LogP contribution in [0.1, 0.15) is 32.6 Å². The fourth-order valence-corrected chi connectivity index (χ4v) is 1.75. The van der Waals surface area contributed by atoms with Gasteiger partial charge >= 0.3 is 35.5 Å². The van der Waals surface area contributed by atoms with E-state index in [-0.39, 0.29) is 41.4 Å². The van der Waals surface area contributed by atoms with Crippen molar-refractivity contribution < 1.29 is 52.1 Å². The molecular weight excluding hydrogens is 255 g/mol. The third kappa shape index (κ3) is 14.1. The summed E-state index contributed by atoms with van der Waals surface area (Å²) < 4.78 is 35.7. The van der Waals surface area contributed by atoms with Crippen LogP contribution >= 0.6 is 0 Å². The molecule has 0 bridgehead atoms. The molecule has 0 spiro atoms. The van der Waals surface area contributed by atoms with Crippen LogP contribution in [0.3, 0.4) is 0 Å². The molecule has 0 N–H and O–H groups in total. The summed E-state index contributed by atoms with van der Waals surface area (Å²) in [6.45, 7) is 5.03. The van der Waals surface area contributed by atoms with Crippen LogP contribution in [0.2, 0.25) is 0 Å². The zero-order chi connectivity index (χ0) is 12.6. The third-order valence-electron chi connectivity index (χ3n) is 1.99. The Hall–Kier alpha value is 0.120. The van der Waals surface area contributed by atoms with Crippen LogP contribution in [-0.4, -0.2) is 30.8 Å². The normalized spacial score (nSPS) is 12.4. The minimum absolute atomic E-state index is 0. The van der Waals surface area contributed by atoms with Gasteiger partial charge in [-0.05, 0) is 26.2 Å². The van der Waals surface area contributed by atoms with Gasteiger partial charge < -0.3 is 9.29 Å². The molecule has 0 amide bonds. The summed E-state index contributed by atoms with van der Waals surface area (Å²) in [5, 5.41) is 0. The van der Waals surface area contributed by atoms with E-state index in [2.05, 4.69) is 6.58 Å². The topological polar surface area (TPSA) is 83.5 Å². The van der Waals surface area contributed by atoms with Crippen LogP contribution in [0.25, 0.3) is 0 Å². The molecule has 0 aliphatic carbocycles. The smallest absolute Gasteiger partial charge is 0.748 e. The van der Waals surface area contributed by atoms with Crippen LogP contribution in [0.4, 0.5) is 0 Å². The minimum atomic E-state index is -4.10. The predicted molar refractivity (Wildman–Crippen MR) is 58.8 cm³/mol. The number of hydrogen-bond donors (Lipinski definition) is 0. The molecule has 17 heavy (non-hydrogen) atoms. The molecule has 0 aliphatic heterocycles. The average molecular weight is 272 g/mol. The number of hydrogen-bond acceptors (Lipinski definition) is 5. The molecule has 0 aromatic carbocycles. The zero-order valence-electron chi connectivity index (χ0n) is 10.3. The van der Waals surface area contributed by atoms with Crippen molar-refractivity contribution in [1.82, 2.24) is 0 Å². The molecule has 0 saturated carbocycles. The van der Waals surface area contributed by atoms with Gasteiger partial charge in [-0.25, -0.2) is 13.2 Å². The van der Waals surface area contributed by atoms with Crippen molar-refractivity contribution in [3.63, 3.8) is 0 Å². The van der Waals surface area contributed by atoms with Crippen molar-refractivity contribution in [3.05, 3.63) is 12.7 Å². The molecule has 0 aromatic heterocycles. The van der Waals surface area contributed by atoms with E-state index < -0.39 is 16.1 Å². The summed E-state index contributed by atoms with van der Waals surface area (Å²) in [5.74, 6) is -0.789. The van der Waals surface area contributed by atoms with E-state index in [0.717, 1.165) is 12.5 Å². The van der Waals surface area contributed by atoms with E-state index in [1.807, 2.05) is 0 Å². The first-order valence-electron chi connectivity index (χ1n) is 5.12. The zero-order valence-corrected chi connectivity index (χ0v) is 13.2. The van der Waals surface area contributed by atoms with Crippen LogP contribution in [0.5, 0.6) is 0 Å². The first-order chi connectivity index (χ1) is 7.35. The molecule has 0 radical (unpaired) electrons. The van der Waals surface area contributed by atoms with Crippen molar-refractivity contribution in [1.29, 1.82) is 0 Å². The molecule has 0 heterocycles. The van der Waals surface area contributed by atoms with Gasteiger partial charge in [0, 0.05) is 11.8 Å². The van der Waals surface area contributed by atoms with Gasteiger partial charge in [0.2, 0.25) is 0 Å². The first-order valence-corrected chi connectivity index (χ1v) is 6.69. The molecule has 1 unspecified atom stereocenters. The Morgan fingerprint density at radius 1 is 1.41 bits per heavy atom. The molecule has 0 fully saturated rings. The van der Waals surface area contributed by atoms with Crippen molar-refractivity contribution >= 4 is 16.1 Å². The monoisotopic (exact) mass is 272 g/mol. The Balaban J connectivity index is 0. The second-order valence-corrected chi connectivity index (χ2v) is 5.09. The van der Waals surface area contributed by atoms with Gasteiger partial charge in [0.05, 0.1) is 16.2 Å². The summed E-state index contributed by atoms with van der Waals surface area (Å²) >= 11 is 0. The van der Waals surface area contributed by atoms with Crippen molar-refractivity contribution in [2.45, 2.75) is 38.7 Å². The van der Waals surface area contributed by atoms with Gasteiger partial charge in [0.1, 0.15) is 0 Å². The standard InChI is InChI=1S/C10H18O5S.Na/c1-3-10(11)15-9(2)7-5-4-6-8-16(12,13)14;/h3,9H,1,4-8H2,2H3,(H,12,13,14);/q;+1/p-1. The minimum Gasteiger partial charge on any atom is -0.748 e. The molecule has 0 aromatic rings. The molecule has 0 saturated heterocycles. The maximum absolute atomic E-state index is 10.8. The summed E-state index contributed by atoms with van der Waals surface area (Å²) in [5.41, 5.74) is 0.